The number of rotatable bonds is 6. The van der Waals surface area contributed by atoms with E-state index in [9.17, 15) is 10.1 Å². The summed E-state index contributed by atoms with van der Waals surface area (Å²) >= 11 is 7.62. The zero-order valence-electron chi connectivity index (χ0n) is 17.4. The molecule has 32 heavy (non-hydrogen) atoms. The number of nitro groups is 1. The van der Waals surface area contributed by atoms with E-state index in [1.54, 1.807) is 24.4 Å². The van der Waals surface area contributed by atoms with Gasteiger partial charge in [0.1, 0.15) is 0 Å². The maximum atomic E-state index is 11.0. The average molecular weight is 463 g/mol. The number of hydrogen-bond donors (Lipinski definition) is 1. The molecule has 0 saturated heterocycles. The maximum Gasteiger partial charge on any atom is 0.269 e. The number of nitrogens with zero attached hydrogens (tertiary/aromatic N) is 3. The maximum absolute atomic E-state index is 11.0. The molecule has 4 rings (SSSR count). The van der Waals surface area contributed by atoms with Crippen LogP contribution in [-0.2, 0) is 0 Å². The molecule has 0 atom stereocenters. The topological polar surface area (TPSA) is 80.4 Å². The molecule has 0 fully saturated rings. The van der Waals surface area contributed by atoms with Crippen molar-refractivity contribution in [3.63, 3.8) is 0 Å². The number of anilines is 1. The van der Waals surface area contributed by atoms with Gasteiger partial charge in [-0.1, -0.05) is 64.9 Å². The Morgan fingerprint density at radius 2 is 1.84 bits per heavy atom. The van der Waals surface area contributed by atoms with Crippen molar-refractivity contribution in [1.29, 1.82) is 0 Å². The van der Waals surface area contributed by atoms with Crippen molar-refractivity contribution in [3.8, 4) is 21.7 Å². The van der Waals surface area contributed by atoms with Crippen LogP contribution in [0.3, 0.4) is 0 Å². The van der Waals surface area contributed by atoms with Gasteiger partial charge in [-0.05, 0) is 43.2 Å². The Morgan fingerprint density at radius 3 is 2.53 bits per heavy atom. The van der Waals surface area contributed by atoms with Crippen LogP contribution in [0.2, 0.25) is 5.02 Å². The van der Waals surface area contributed by atoms with E-state index in [4.69, 9.17) is 16.6 Å². The lowest BCUT2D eigenvalue weighted by atomic mass is 10.0. The van der Waals surface area contributed by atoms with Crippen LogP contribution >= 0.6 is 22.9 Å². The summed E-state index contributed by atoms with van der Waals surface area (Å²) in [6.07, 6.45) is 1.64. The highest BCUT2D eigenvalue weighted by molar-refractivity contribution is 7.19. The number of hydrogen-bond acceptors (Lipinski definition) is 6. The van der Waals surface area contributed by atoms with Crippen molar-refractivity contribution in [3.05, 3.63) is 98.6 Å². The Balaban J connectivity index is 1.72. The van der Waals surface area contributed by atoms with Gasteiger partial charge in [-0.25, -0.2) is 4.98 Å². The van der Waals surface area contributed by atoms with Gasteiger partial charge in [-0.3, -0.25) is 15.5 Å². The van der Waals surface area contributed by atoms with Crippen LogP contribution in [0.5, 0.6) is 0 Å². The monoisotopic (exact) mass is 462 g/mol. The minimum absolute atomic E-state index is 0.0500. The van der Waals surface area contributed by atoms with Gasteiger partial charge in [-0.15, -0.1) is 0 Å². The van der Waals surface area contributed by atoms with Crippen molar-refractivity contribution in [2.24, 2.45) is 5.10 Å². The van der Waals surface area contributed by atoms with E-state index in [1.165, 1.54) is 29.0 Å². The first-order chi connectivity index (χ1) is 15.4. The second-order valence-corrected chi connectivity index (χ2v) is 8.62. The molecule has 0 radical (unpaired) electrons. The molecule has 0 aliphatic rings. The molecule has 0 spiro atoms. The highest BCUT2D eigenvalue weighted by Gasteiger charge is 2.17. The van der Waals surface area contributed by atoms with Gasteiger partial charge in [0.25, 0.3) is 5.69 Å². The molecule has 0 aliphatic carbocycles. The fourth-order valence-corrected chi connectivity index (χ4v) is 4.42. The summed E-state index contributed by atoms with van der Waals surface area (Å²) in [6.45, 7) is 4.09. The SMILES string of the molecule is Cc1ccc(-c2nc(N/N=C\c3ccccc3Cl)sc2-c2ccc([N+](=O)[O-])cc2)c(C)c1. The fourth-order valence-electron chi connectivity index (χ4n) is 3.30. The molecular formula is C24H19ClN4O2S. The molecule has 4 aromatic rings. The van der Waals surface area contributed by atoms with E-state index in [0.29, 0.717) is 10.2 Å². The summed E-state index contributed by atoms with van der Waals surface area (Å²) in [7, 11) is 0. The lowest BCUT2D eigenvalue weighted by molar-refractivity contribution is -0.384. The summed E-state index contributed by atoms with van der Waals surface area (Å²) in [5, 5.41) is 16.5. The van der Waals surface area contributed by atoms with Crippen molar-refractivity contribution >= 4 is 40.0 Å². The van der Waals surface area contributed by atoms with E-state index in [-0.39, 0.29) is 5.69 Å². The molecule has 0 amide bonds. The Labute approximate surface area is 194 Å². The summed E-state index contributed by atoms with van der Waals surface area (Å²) in [6, 6.07) is 20.1. The van der Waals surface area contributed by atoms with Crippen molar-refractivity contribution in [1.82, 2.24) is 4.98 Å². The lowest BCUT2D eigenvalue weighted by Gasteiger charge is -2.07. The molecule has 0 bridgehead atoms. The Morgan fingerprint density at radius 1 is 1.09 bits per heavy atom. The molecule has 0 aliphatic heterocycles. The normalized spacial score (nSPS) is 11.1. The van der Waals surface area contributed by atoms with Gasteiger partial charge in [0, 0.05) is 28.3 Å². The lowest BCUT2D eigenvalue weighted by Crippen LogP contribution is -1.91. The second-order valence-electron chi connectivity index (χ2n) is 7.21. The van der Waals surface area contributed by atoms with Crippen LogP contribution in [0.25, 0.3) is 21.7 Å². The molecule has 0 unspecified atom stereocenters. The highest BCUT2D eigenvalue weighted by atomic mass is 35.5. The summed E-state index contributed by atoms with van der Waals surface area (Å²) in [5.41, 5.74) is 8.76. The molecule has 160 valence electrons. The molecule has 0 saturated carbocycles. The zero-order valence-corrected chi connectivity index (χ0v) is 18.9. The third-order valence-electron chi connectivity index (χ3n) is 4.87. The predicted molar refractivity (Wildman–Crippen MR) is 132 cm³/mol. The number of halogens is 1. The van der Waals surface area contributed by atoms with Crippen LogP contribution in [-0.4, -0.2) is 16.1 Å². The summed E-state index contributed by atoms with van der Waals surface area (Å²) < 4.78 is 0. The molecule has 3 aromatic carbocycles. The number of aryl methyl sites for hydroxylation is 2. The average Bonchev–Trinajstić information content (AvgIpc) is 3.19. The first kappa shape index (κ1) is 21.7. The number of benzene rings is 3. The minimum Gasteiger partial charge on any atom is -0.258 e. The van der Waals surface area contributed by atoms with E-state index < -0.39 is 4.92 Å². The highest BCUT2D eigenvalue weighted by Crippen LogP contribution is 2.40. The van der Waals surface area contributed by atoms with E-state index in [2.05, 4.69) is 16.6 Å². The Kier molecular flexibility index (Phi) is 6.30. The van der Waals surface area contributed by atoms with Gasteiger partial charge in [-0.2, -0.15) is 5.10 Å². The summed E-state index contributed by atoms with van der Waals surface area (Å²) in [4.78, 5) is 16.3. The molecular weight excluding hydrogens is 444 g/mol. The van der Waals surface area contributed by atoms with Gasteiger partial charge in [0.2, 0.25) is 5.13 Å². The van der Waals surface area contributed by atoms with Gasteiger partial charge < -0.3 is 0 Å². The number of thiazole rings is 1. The number of non-ortho nitro benzene ring substituents is 1. The molecule has 1 N–H and O–H groups in total. The Bertz CT molecular complexity index is 1320. The van der Waals surface area contributed by atoms with Crippen LogP contribution in [0.1, 0.15) is 16.7 Å². The molecule has 6 nitrogen and oxygen atoms in total. The fraction of sp³-hybridized carbons (Fsp3) is 0.0833. The third-order valence-corrected chi connectivity index (χ3v) is 6.23. The van der Waals surface area contributed by atoms with Gasteiger partial charge in [0.05, 0.1) is 21.7 Å². The molecule has 1 heterocycles. The Hall–Kier alpha value is -3.55. The minimum atomic E-state index is -0.405. The van der Waals surface area contributed by atoms with Crippen molar-refractivity contribution < 1.29 is 4.92 Å². The first-order valence-corrected chi connectivity index (χ1v) is 11.0. The third kappa shape index (κ3) is 4.69. The van der Waals surface area contributed by atoms with Crippen LogP contribution < -0.4 is 5.43 Å². The van der Waals surface area contributed by atoms with E-state index >= 15 is 0 Å². The molecule has 8 heteroatoms. The number of nitro benzene ring substituents is 1. The number of nitrogens with one attached hydrogen (secondary N) is 1. The van der Waals surface area contributed by atoms with Crippen molar-refractivity contribution in [2.45, 2.75) is 13.8 Å². The smallest absolute Gasteiger partial charge is 0.258 e. The number of aromatic nitrogens is 1. The zero-order chi connectivity index (χ0) is 22.7. The van der Waals surface area contributed by atoms with Crippen molar-refractivity contribution in [2.75, 3.05) is 5.43 Å². The second kappa shape index (κ2) is 9.30. The van der Waals surface area contributed by atoms with E-state index in [0.717, 1.165) is 32.8 Å². The van der Waals surface area contributed by atoms with Crippen LogP contribution in [0.4, 0.5) is 10.8 Å². The first-order valence-electron chi connectivity index (χ1n) is 9.79. The van der Waals surface area contributed by atoms with Crippen LogP contribution in [0, 0.1) is 24.0 Å². The predicted octanol–water partition coefficient (Wildman–Crippen LogP) is 7.10. The van der Waals surface area contributed by atoms with E-state index in [1.807, 2.05) is 44.2 Å². The van der Waals surface area contributed by atoms with Crippen LogP contribution in [0.15, 0.2) is 71.8 Å². The molecule has 1 aromatic heterocycles. The summed E-state index contributed by atoms with van der Waals surface area (Å²) in [5.74, 6) is 0. The van der Waals surface area contributed by atoms with Gasteiger partial charge >= 0.3 is 0 Å². The largest absolute Gasteiger partial charge is 0.269 e. The quantitative estimate of drug-likeness (QED) is 0.188. The van der Waals surface area contributed by atoms with Gasteiger partial charge in [0.15, 0.2) is 0 Å². The standard InChI is InChI=1S/C24H19ClN4O2S/c1-15-7-12-20(16(2)13-15)22-23(17-8-10-19(11-9-17)29(30)31)32-24(27-22)28-26-14-18-5-3-4-6-21(18)25/h3-14H,1-2H3,(H,27,28)/b26-14-. The number of hydrazone groups is 1.